The number of nitrogens with zero attached hydrogens (tertiary/aromatic N) is 1. The zero-order valence-corrected chi connectivity index (χ0v) is 10.9. The summed E-state index contributed by atoms with van der Waals surface area (Å²) in [6, 6.07) is 6.19. The van der Waals surface area contributed by atoms with Gasteiger partial charge in [0.15, 0.2) is 0 Å². The average molecular weight is 296 g/mol. The van der Waals surface area contributed by atoms with Crippen molar-refractivity contribution in [1.29, 1.82) is 0 Å². The Morgan fingerprint density at radius 3 is 2.52 bits per heavy atom. The maximum absolute atomic E-state index is 13.0. The maximum Gasteiger partial charge on any atom is 0.417 e. The molecule has 2 aromatic rings. The van der Waals surface area contributed by atoms with E-state index in [2.05, 4.69) is 9.72 Å². The molecule has 7 heteroatoms. The third-order valence-electron chi connectivity index (χ3n) is 2.88. The first-order valence-corrected chi connectivity index (χ1v) is 5.85. The molecule has 1 aromatic carbocycles. The molecule has 21 heavy (non-hydrogen) atoms. The Kier molecular flexibility index (Phi) is 3.84. The van der Waals surface area contributed by atoms with E-state index in [4.69, 9.17) is 5.73 Å². The lowest BCUT2D eigenvalue weighted by atomic mass is 10.0. The number of anilines is 1. The van der Waals surface area contributed by atoms with E-state index < -0.39 is 17.7 Å². The van der Waals surface area contributed by atoms with E-state index in [9.17, 15) is 18.0 Å². The number of hydrogen-bond donors (Lipinski definition) is 1. The molecule has 0 bridgehead atoms. The largest absolute Gasteiger partial charge is 0.465 e. The molecule has 0 unspecified atom stereocenters. The molecule has 0 saturated heterocycles. The fourth-order valence-electron chi connectivity index (χ4n) is 1.91. The van der Waals surface area contributed by atoms with Gasteiger partial charge in [0.25, 0.3) is 0 Å². The van der Waals surface area contributed by atoms with Gasteiger partial charge in [-0.05, 0) is 12.1 Å². The highest BCUT2D eigenvalue weighted by molar-refractivity contribution is 5.98. The first-order valence-electron chi connectivity index (χ1n) is 5.85. The Labute approximate surface area is 118 Å². The van der Waals surface area contributed by atoms with E-state index in [1.807, 2.05) is 0 Å². The molecule has 0 saturated carbocycles. The van der Waals surface area contributed by atoms with Gasteiger partial charge in [-0.3, -0.25) is 4.98 Å². The molecule has 1 aromatic heterocycles. The van der Waals surface area contributed by atoms with Crippen LogP contribution in [-0.4, -0.2) is 18.1 Å². The van der Waals surface area contributed by atoms with Crippen LogP contribution in [0, 0.1) is 0 Å². The number of aromatic nitrogens is 1. The lowest BCUT2D eigenvalue weighted by Crippen LogP contribution is -2.11. The molecule has 0 spiro atoms. The van der Waals surface area contributed by atoms with Crippen LogP contribution in [0.4, 0.5) is 18.9 Å². The number of rotatable bonds is 2. The Hall–Kier alpha value is -2.57. The van der Waals surface area contributed by atoms with Crippen molar-refractivity contribution in [3.05, 3.63) is 47.7 Å². The highest BCUT2D eigenvalue weighted by Gasteiger charge is 2.34. The van der Waals surface area contributed by atoms with E-state index in [1.165, 1.54) is 30.5 Å². The molecular weight excluding hydrogens is 285 g/mol. The molecule has 2 rings (SSSR count). The predicted octanol–water partition coefficient (Wildman–Crippen LogP) is 3.14. The van der Waals surface area contributed by atoms with Crippen LogP contribution in [0.1, 0.15) is 15.9 Å². The average Bonchev–Trinajstić information content (AvgIpc) is 2.46. The van der Waals surface area contributed by atoms with Gasteiger partial charge in [0, 0.05) is 11.8 Å². The molecule has 0 amide bonds. The third-order valence-corrected chi connectivity index (χ3v) is 2.88. The predicted molar refractivity (Wildman–Crippen MR) is 70.4 cm³/mol. The molecular formula is C14H11F3N2O2. The Bertz CT molecular complexity index is 684. The quantitative estimate of drug-likeness (QED) is 0.865. The van der Waals surface area contributed by atoms with E-state index in [0.717, 1.165) is 13.2 Å². The van der Waals surface area contributed by atoms with Gasteiger partial charge in [-0.15, -0.1) is 0 Å². The summed E-state index contributed by atoms with van der Waals surface area (Å²) in [5.41, 5.74) is 4.43. The summed E-state index contributed by atoms with van der Waals surface area (Å²) in [7, 11) is 1.16. The molecule has 0 aliphatic heterocycles. The molecule has 0 radical (unpaired) electrons. The van der Waals surface area contributed by atoms with Crippen LogP contribution >= 0.6 is 0 Å². The zero-order chi connectivity index (χ0) is 15.6. The smallest absolute Gasteiger partial charge is 0.417 e. The van der Waals surface area contributed by atoms with Crippen molar-refractivity contribution in [3.63, 3.8) is 0 Å². The normalized spacial score (nSPS) is 11.2. The summed E-state index contributed by atoms with van der Waals surface area (Å²) < 4.78 is 43.6. The second kappa shape index (κ2) is 5.43. The Balaban J connectivity index is 2.67. The van der Waals surface area contributed by atoms with Gasteiger partial charge in [0.05, 0.1) is 29.6 Å². The van der Waals surface area contributed by atoms with E-state index in [0.29, 0.717) is 0 Å². The Morgan fingerprint density at radius 1 is 1.24 bits per heavy atom. The maximum atomic E-state index is 13.0. The van der Waals surface area contributed by atoms with Crippen molar-refractivity contribution >= 4 is 11.7 Å². The van der Waals surface area contributed by atoms with Crippen LogP contribution in [-0.2, 0) is 10.9 Å². The fourth-order valence-corrected chi connectivity index (χ4v) is 1.91. The molecule has 4 nitrogen and oxygen atoms in total. The SMILES string of the molecule is COC(=O)c1ccnc(-c2ccccc2C(F)(F)F)c1N. The number of alkyl halides is 3. The van der Waals surface area contributed by atoms with Crippen LogP contribution in [0.3, 0.4) is 0 Å². The molecule has 0 fully saturated rings. The summed E-state index contributed by atoms with van der Waals surface area (Å²) in [6.45, 7) is 0. The monoisotopic (exact) mass is 296 g/mol. The van der Waals surface area contributed by atoms with Gasteiger partial charge in [-0.1, -0.05) is 18.2 Å². The number of ether oxygens (including phenoxy) is 1. The van der Waals surface area contributed by atoms with Crippen molar-refractivity contribution in [2.45, 2.75) is 6.18 Å². The number of halogens is 3. The van der Waals surface area contributed by atoms with Crippen molar-refractivity contribution in [2.24, 2.45) is 0 Å². The molecule has 110 valence electrons. The third kappa shape index (κ3) is 2.81. The number of nitrogens with two attached hydrogens (primary N) is 1. The second-order valence-corrected chi connectivity index (χ2v) is 4.16. The first kappa shape index (κ1) is 14.8. The van der Waals surface area contributed by atoms with Crippen molar-refractivity contribution in [3.8, 4) is 11.3 Å². The van der Waals surface area contributed by atoms with E-state index >= 15 is 0 Å². The summed E-state index contributed by atoms with van der Waals surface area (Å²) in [6.07, 6.45) is -3.34. The number of esters is 1. The number of pyridine rings is 1. The minimum absolute atomic E-state index is 0.0283. The van der Waals surface area contributed by atoms with Crippen LogP contribution in [0.2, 0.25) is 0 Å². The summed E-state index contributed by atoms with van der Waals surface area (Å²) in [5, 5.41) is 0. The van der Waals surface area contributed by atoms with Crippen LogP contribution in [0.5, 0.6) is 0 Å². The van der Waals surface area contributed by atoms with Crippen molar-refractivity contribution in [2.75, 3.05) is 12.8 Å². The molecule has 1 heterocycles. The molecule has 0 atom stereocenters. The fraction of sp³-hybridized carbons (Fsp3) is 0.143. The number of nitrogen functional groups attached to an aromatic ring is 1. The minimum Gasteiger partial charge on any atom is -0.465 e. The minimum atomic E-state index is -4.55. The topological polar surface area (TPSA) is 65.2 Å². The number of carbonyl (C=O) groups is 1. The van der Waals surface area contributed by atoms with Gasteiger partial charge in [0.1, 0.15) is 0 Å². The van der Waals surface area contributed by atoms with E-state index in [-0.39, 0.29) is 22.5 Å². The van der Waals surface area contributed by atoms with Gasteiger partial charge in [0.2, 0.25) is 0 Å². The highest BCUT2D eigenvalue weighted by Crippen LogP contribution is 2.38. The first-order chi connectivity index (χ1) is 9.86. The second-order valence-electron chi connectivity index (χ2n) is 4.16. The zero-order valence-electron chi connectivity index (χ0n) is 10.9. The molecule has 0 aliphatic carbocycles. The van der Waals surface area contributed by atoms with Crippen LogP contribution < -0.4 is 5.73 Å². The number of hydrogen-bond acceptors (Lipinski definition) is 4. The number of benzene rings is 1. The van der Waals surface area contributed by atoms with Crippen LogP contribution in [0.25, 0.3) is 11.3 Å². The van der Waals surface area contributed by atoms with Crippen molar-refractivity contribution < 1.29 is 22.7 Å². The molecule has 0 aliphatic rings. The lowest BCUT2D eigenvalue weighted by molar-refractivity contribution is -0.137. The summed E-state index contributed by atoms with van der Waals surface area (Å²) in [4.78, 5) is 15.4. The van der Waals surface area contributed by atoms with E-state index in [1.54, 1.807) is 0 Å². The Morgan fingerprint density at radius 2 is 1.90 bits per heavy atom. The van der Waals surface area contributed by atoms with Gasteiger partial charge < -0.3 is 10.5 Å². The number of carbonyl (C=O) groups excluding carboxylic acids is 1. The standard InChI is InChI=1S/C14H11F3N2O2/c1-21-13(20)9-6-7-19-12(11(9)18)8-4-2-3-5-10(8)14(15,16)17/h2-7H,18H2,1H3. The van der Waals surface area contributed by atoms with Gasteiger partial charge in [-0.2, -0.15) is 13.2 Å². The number of methoxy groups -OCH3 is 1. The van der Waals surface area contributed by atoms with Crippen molar-refractivity contribution in [1.82, 2.24) is 4.98 Å². The van der Waals surface area contributed by atoms with Gasteiger partial charge >= 0.3 is 12.1 Å². The lowest BCUT2D eigenvalue weighted by Gasteiger charge is -2.14. The van der Waals surface area contributed by atoms with Gasteiger partial charge in [-0.25, -0.2) is 4.79 Å². The summed E-state index contributed by atoms with van der Waals surface area (Å²) in [5.74, 6) is -0.736. The molecule has 2 N–H and O–H groups in total. The highest BCUT2D eigenvalue weighted by atomic mass is 19.4. The van der Waals surface area contributed by atoms with Crippen LogP contribution in [0.15, 0.2) is 36.5 Å². The summed E-state index contributed by atoms with van der Waals surface area (Å²) >= 11 is 0.